The summed E-state index contributed by atoms with van der Waals surface area (Å²) in [5.74, 6) is -0.781. The van der Waals surface area contributed by atoms with Gasteiger partial charge in [-0.15, -0.1) is 0 Å². The summed E-state index contributed by atoms with van der Waals surface area (Å²) in [5, 5.41) is 0. The van der Waals surface area contributed by atoms with E-state index in [0.29, 0.717) is 23.9 Å². The van der Waals surface area contributed by atoms with E-state index in [4.69, 9.17) is 18.5 Å². The van der Waals surface area contributed by atoms with E-state index >= 15 is 0 Å². The molecule has 0 aliphatic heterocycles. The lowest BCUT2D eigenvalue weighted by atomic mass is 10.0. The second-order valence-electron chi connectivity index (χ2n) is 30.5. The van der Waals surface area contributed by atoms with E-state index in [1.54, 1.807) is 0 Å². The number of unbranched alkanes of at least 4 members (excludes halogenated alkanes) is 49. The fourth-order valence-electron chi connectivity index (χ4n) is 12.7. The maximum absolute atomic E-state index is 12.9. The summed E-state index contributed by atoms with van der Waals surface area (Å²) in [5.41, 5.74) is 0. The number of rotatable bonds is 81. The van der Waals surface area contributed by atoms with Crippen LogP contribution in [0.2, 0.25) is 0 Å². The molecule has 0 amide bonds. The van der Waals surface area contributed by atoms with Gasteiger partial charge in [0.1, 0.15) is 19.8 Å². The van der Waals surface area contributed by atoms with Crippen molar-refractivity contribution in [2.75, 3.05) is 47.5 Å². The number of allylic oxidation sites excluding steroid dienone is 18. The van der Waals surface area contributed by atoms with Crippen molar-refractivity contribution >= 4 is 19.8 Å². The number of carbonyl (C=O) groups is 2. The van der Waals surface area contributed by atoms with Crippen LogP contribution in [0, 0.1) is 0 Å². The molecule has 10 heteroatoms. The van der Waals surface area contributed by atoms with E-state index in [-0.39, 0.29) is 25.6 Å². The molecule has 592 valence electrons. The first-order valence-electron chi connectivity index (χ1n) is 43.6. The Kier molecular flexibility index (Phi) is 79.1. The van der Waals surface area contributed by atoms with Crippen LogP contribution in [0.15, 0.2) is 109 Å². The fourth-order valence-corrected chi connectivity index (χ4v) is 13.4. The minimum atomic E-state index is -4.40. The number of esters is 2. The van der Waals surface area contributed by atoms with Gasteiger partial charge < -0.3 is 18.9 Å². The van der Waals surface area contributed by atoms with Crippen molar-refractivity contribution in [2.24, 2.45) is 0 Å². The first kappa shape index (κ1) is 98.7. The Morgan fingerprint density at radius 1 is 0.314 bits per heavy atom. The van der Waals surface area contributed by atoms with E-state index in [0.717, 1.165) is 89.9 Å². The number of nitrogens with zero attached hydrogens (tertiary/aromatic N) is 1. The third-order valence-corrected chi connectivity index (χ3v) is 20.3. The van der Waals surface area contributed by atoms with E-state index < -0.39 is 26.5 Å². The van der Waals surface area contributed by atoms with Gasteiger partial charge in [-0.25, -0.2) is 4.57 Å². The molecule has 0 bridgehead atoms. The molecule has 0 aromatic heterocycles. The van der Waals surface area contributed by atoms with Crippen molar-refractivity contribution in [3.8, 4) is 0 Å². The summed E-state index contributed by atoms with van der Waals surface area (Å²) < 4.78 is 34.9. The lowest BCUT2D eigenvalue weighted by Gasteiger charge is -2.24. The highest BCUT2D eigenvalue weighted by Crippen LogP contribution is 2.43. The third-order valence-electron chi connectivity index (χ3n) is 19.3. The van der Waals surface area contributed by atoms with Crippen molar-refractivity contribution in [1.29, 1.82) is 0 Å². The quantitative estimate of drug-likeness (QED) is 0.0211. The number of phosphoric ester groups is 1. The molecular weight excluding hydrogens is 1280 g/mol. The standard InChI is InChI=1S/C92H166NO8P/c1-6-8-10-12-14-16-18-20-22-24-26-28-30-32-34-36-38-40-42-44-45-46-47-49-50-52-54-56-58-60-62-64-66-68-70-72-74-76-78-80-82-84-91(94)98-88-90(89-100-102(96,97)99-87-86-93(3,4)5)101-92(95)85-83-81-79-77-75-73-71-69-67-65-63-61-59-57-55-53-51-48-43-41-39-37-35-33-31-29-27-25-23-21-19-17-15-13-11-9-7-2/h9,11,15,17-18,20-21,23-24,26-27,29,33,35,39,41,48,51,90H,6-8,10,12-14,16,19,22,25,28,30-32,34,36-38,40,42-47,49-50,52-89H2,1-5H3/p+1/b11-9-,17-15-,20-18-,23-21-,26-24-,29-27-,35-33-,41-39-,51-48-. The predicted octanol–water partition coefficient (Wildman–Crippen LogP) is 29.5. The maximum Gasteiger partial charge on any atom is 0.472 e. The molecule has 9 nitrogen and oxygen atoms in total. The van der Waals surface area contributed by atoms with Crippen LogP contribution in [-0.2, 0) is 32.7 Å². The third kappa shape index (κ3) is 85.6. The molecule has 0 aromatic rings. The number of quaternary nitrogens is 1. The number of carbonyl (C=O) groups excluding carboxylic acids is 2. The first-order valence-corrected chi connectivity index (χ1v) is 45.1. The smallest absolute Gasteiger partial charge is 0.462 e. The van der Waals surface area contributed by atoms with Gasteiger partial charge in [0.25, 0.3) is 0 Å². The highest BCUT2D eigenvalue weighted by molar-refractivity contribution is 7.47. The zero-order valence-electron chi connectivity index (χ0n) is 67.8. The number of hydrogen-bond donors (Lipinski definition) is 1. The van der Waals surface area contributed by atoms with Crippen LogP contribution in [0.25, 0.3) is 0 Å². The SMILES string of the molecule is CC/C=C\C/C=C\C/C=C\C/C=C\C/C=C\C/C=C\C/C=C\CCCCCCCCCCCCCCCCCC(=O)OC(COC(=O)CCCCCCCCCCCCCCCCCCCCCCCCCCCCCCC/C=C\C/C=C\CCCCCCC)COP(=O)(O)OCC[N+](C)(C)C. The van der Waals surface area contributed by atoms with Crippen molar-refractivity contribution in [1.82, 2.24) is 0 Å². The molecule has 0 aliphatic rings. The number of likely N-dealkylation sites (N-methyl/N-ethyl adjacent to an activating group) is 1. The molecule has 0 saturated carbocycles. The van der Waals surface area contributed by atoms with Gasteiger partial charge in [-0.1, -0.05) is 406 Å². The molecule has 0 fully saturated rings. The van der Waals surface area contributed by atoms with Gasteiger partial charge in [0.15, 0.2) is 6.10 Å². The molecule has 0 saturated heterocycles. The molecule has 0 heterocycles. The molecule has 2 atom stereocenters. The topological polar surface area (TPSA) is 108 Å². The summed E-state index contributed by atoms with van der Waals surface area (Å²) >= 11 is 0. The van der Waals surface area contributed by atoms with Crippen LogP contribution in [0.5, 0.6) is 0 Å². The molecule has 0 radical (unpaired) electrons. The summed E-state index contributed by atoms with van der Waals surface area (Å²) in [6.45, 7) is 4.36. The Bertz CT molecular complexity index is 2100. The normalized spacial score (nSPS) is 13.5. The summed E-state index contributed by atoms with van der Waals surface area (Å²) in [4.78, 5) is 36.1. The predicted molar refractivity (Wildman–Crippen MR) is 445 cm³/mol. The van der Waals surface area contributed by atoms with Crippen LogP contribution in [0.3, 0.4) is 0 Å². The molecular formula is C92H167NO8P+. The largest absolute Gasteiger partial charge is 0.472 e. The monoisotopic (exact) mass is 1450 g/mol. The molecule has 0 spiro atoms. The van der Waals surface area contributed by atoms with Crippen LogP contribution in [-0.4, -0.2) is 74.9 Å². The van der Waals surface area contributed by atoms with E-state index in [1.807, 2.05) is 21.1 Å². The highest BCUT2D eigenvalue weighted by Gasteiger charge is 2.27. The summed E-state index contributed by atoms with van der Waals surface area (Å²) in [6.07, 6.45) is 117. The number of hydrogen-bond acceptors (Lipinski definition) is 7. The van der Waals surface area contributed by atoms with E-state index in [9.17, 15) is 19.0 Å². The van der Waals surface area contributed by atoms with Crippen molar-refractivity contribution in [3.05, 3.63) is 109 Å². The first-order chi connectivity index (χ1) is 50.0. The van der Waals surface area contributed by atoms with Gasteiger partial charge in [-0.3, -0.25) is 18.6 Å². The Morgan fingerprint density at radius 2 is 0.559 bits per heavy atom. The Balaban J connectivity index is 3.90. The van der Waals surface area contributed by atoms with E-state index in [2.05, 4.69) is 123 Å². The average molecular weight is 1450 g/mol. The number of ether oxygens (including phenoxy) is 2. The fraction of sp³-hybridized carbons (Fsp3) is 0.783. The van der Waals surface area contributed by atoms with Gasteiger partial charge in [-0.05, 0) is 103 Å². The van der Waals surface area contributed by atoms with Crippen LogP contribution >= 0.6 is 7.82 Å². The number of phosphoric acid groups is 1. The molecule has 0 rings (SSSR count). The van der Waals surface area contributed by atoms with Gasteiger partial charge in [0, 0.05) is 12.8 Å². The summed E-state index contributed by atoms with van der Waals surface area (Å²) in [6, 6.07) is 0. The lowest BCUT2D eigenvalue weighted by molar-refractivity contribution is -0.870. The van der Waals surface area contributed by atoms with Crippen LogP contribution in [0.4, 0.5) is 0 Å². The Labute approximate surface area is 633 Å². The minimum Gasteiger partial charge on any atom is -0.462 e. The van der Waals surface area contributed by atoms with Crippen molar-refractivity contribution < 1.29 is 42.1 Å². The van der Waals surface area contributed by atoms with E-state index in [1.165, 1.54) is 289 Å². The highest BCUT2D eigenvalue weighted by atomic mass is 31.2. The Hall–Kier alpha value is -3.33. The molecule has 2 unspecified atom stereocenters. The van der Waals surface area contributed by atoms with Crippen LogP contribution in [0.1, 0.15) is 412 Å². The van der Waals surface area contributed by atoms with Gasteiger partial charge >= 0.3 is 19.8 Å². The molecule has 102 heavy (non-hydrogen) atoms. The molecule has 0 aromatic carbocycles. The minimum absolute atomic E-state index is 0.0308. The Morgan fingerprint density at radius 3 is 0.833 bits per heavy atom. The lowest BCUT2D eigenvalue weighted by Crippen LogP contribution is -2.37. The molecule has 0 aliphatic carbocycles. The van der Waals surface area contributed by atoms with Crippen LogP contribution < -0.4 is 0 Å². The van der Waals surface area contributed by atoms with Gasteiger partial charge in [-0.2, -0.15) is 0 Å². The second-order valence-corrected chi connectivity index (χ2v) is 32.0. The zero-order chi connectivity index (χ0) is 74.0. The van der Waals surface area contributed by atoms with Gasteiger partial charge in [0.2, 0.25) is 0 Å². The molecule has 1 N–H and O–H groups in total. The van der Waals surface area contributed by atoms with Crippen molar-refractivity contribution in [2.45, 2.75) is 418 Å². The maximum atomic E-state index is 12.9. The second kappa shape index (κ2) is 81.7. The van der Waals surface area contributed by atoms with Crippen molar-refractivity contribution in [3.63, 3.8) is 0 Å². The van der Waals surface area contributed by atoms with Gasteiger partial charge in [0.05, 0.1) is 27.7 Å². The zero-order valence-corrected chi connectivity index (χ0v) is 68.7. The average Bonchev–Trinajstić information content (AvgIpc) is 0.913. The summed E-state index contributed by atoms with van der Waals surface area (Å²) in [7, 11) is 1.49.